The van der Waals surface area contributed by atoms with E-state index < -0.39 is 17.9 Å². The SMILES string of the molecule is C=C(C)C(=O)Oc1ccc(-c2cc(OC(=O)C=C(C)C)c(-c3ccc(OC(=O)C(=C)C)cc3)cc2OC)cc1. The minimum absolute atomic E-state index is 0.287. The Bertz CT molecular complexity index is 1460. The van der Waals surface area contributed by atoms with E-state index in [2.05, 4.69) is 13.2 Å². The van der Waals surface area contributed by atoms with Crippen LogP contribution in [0.25, 0.3) is 22.3 Å². The molecule has 0 aliphatic rings. The Labute approximate surface area is 228 Å². The highest BCUT2D eigenvalue weighted by molar-refractivity contribution is 5.90. The molecule has 0 aliphatic heterocycles. The second-order valence-corrected chi connectivity index (χ2v) is 9.08. The summed E-state index contributed by atoms with van der Waals surface area (Å²) in [5.74, 6) is -0.0180. The fourth-order valence-electron chi connectivity index (χ4n) is 3.43. The minimum atomic E-state index is -0.526. The van der Waals surface area contributed by atoms with Crippen LogP contribution < -0.4 is 18.9 Å². The highest BCUT2D eigenvalue weighted by atomic mass is 16.5. The molecule has 3 aromatic rings. The van der Waals surface area contributed by atoms with Gasteiger partial charge in [-0.05, 0) is 75.2 Å². The number of hydrogen-bond donors (Lipinski definition) is 0. The first kappa shape index (κ1) is 28.7. The Morgan fingerprint density at radius 2 is 1.05 bits per heavy atom. The number of rotatable bonds is 9. The molecule has 3 rings (SSSR count). The molecule has 0 fully saturated rings. The van der Waals surface area contributed by atoms with Crippen molar-refractivity contribution < 1.29 is 33.3 Å². The molecule has 7 nitrogen and oxygen atoms in total. The summed E-state index contributed by atoms with van der Waals surface area (Å²) in [4.78, 5) is 36.3. The summed E-state index contributed by atoms with van der Waals surface area (Å²) in [6.45, 7) is 13.9. The third-order valence-corrected chi connectivity index (χ3v) is 5.37. The molecule has 7 heteroatoms. The van der Waals surface area contributed by atoms with Gasteiger partial charge in [0.25, 0.3) is 0 Å². The zero-order chi connectivity index (χ0) is 28.7. The van der Waals surface area contributed by atoms with Gasteiger partial charge in [-0.3, -0.25) is 0 Å². The topological polar surface area (TPSA) is 88.1 Å². The third kappa shape index (κ3) is 7.55. The van der Waals surface area contributed by atoms with Crippen molar-refractivity contribution in [1.82, 2.24) is 0 Å². The van der Waals surface area contributed by atoms with E-state index in [9.17, 15) is 14.4 Å². The molecule has 3 aromatic carbocycles. The number of methoxy groups -OCH3 is 1. The van der Waals surface area contributed by atoms with E-state index in [4.69, 9.17) is 18.9 Å². The van der Waals surface area contributed by atoms with E-state index in [1.165, 1.54) is 6.08 Å². The molecular formula is C32H30O7. The van der Waals surface area contributed by atoms with Crippen LogP contribution in [0.5, 0.6) is 23.0 Å². The second-order valence-electron chi connectivity index (χ2n) is 9.08. The average molecular weight is 527 g/mol. The van der Waals surface area contributed by atoms with Gasteiger partial charge in [-0.15, -0.1) is 0 Å². The van der Waals surface area contributed by atoms with Crippen molar-refractivity contribution in [3.05, 3.63) is 96.6 Å². The van der Waals surface area contributed by atoms with Crippen LogP contribution in [0.3, 0.4) is 0 Å². The van der Waals surface area contributed by atoms with Gasteiger partial charge in [-0.1, -0.05) is 43.0 Å². The van der Waals surface area contributed by atoms with Crippen LogP contribution in [-0.2, 0) is 14.4 Å². The fraction of sp³-hybridized carbons (Fsp3) is 0.156. The van der Waals surface area contributed by atoms with Gasteiger partial charge in [0, 0.05) is 28.3 Å². The van der Waals surface area contributed by atoms with Gasteiger partial charge in [0.1, 0.15) is 23.0 Å². The Hall–Kier alpha value is -4.91. The Kier molecular flexibility index (Phi) is 9.23. The Balaban J connectivity index is 2.06. The number of benzene rings is 3. The van der Waals surface area contributed by atoms with E-state index in [1.807, 2.05) is 0 Å². The van der Waals surface area contributed by atoms with Gasteiger partial charge in [0.2, 0.25) is 0 Å². The molecule has 0 N–H and O–H groups in total. The zero-order valence-electron chi connectivity index (χ0n) is 22.6. The molecule has 0 bridgehead atoms. The molecule has 0 heterocycles. The van der Waals surface area contributed by atoms with Gasteiger partial charge in [-0.2, -0.15) is 0 Å². The summed E-state index contributed by atoms with van der Waals surface area (Å²) in [7, 11) is 1.54. The van der Waals surface area contributed by atoms with Gasteiger partial charge in [0.15, 0.2) is 0 Å². The standard InChI is InChI=1S/C32H30O7/c1-19(2)16-30(33)39-29-18-26(22-8-12-24(13-9-22)37-31(34)20(3)4)28(36-7)17-27(29)23-10-14-25(15-11-23)38-32(35)21(5)6/h8-18H,3,5H2,1-2,4,6-7H3. The second kappa shape index (κ2) is 12.6. The number of hydrogen-bond acceptors (Lipinski definition) is 7. The lowest BCUT2D eigenvalue weighted by atomic mass is 9.97. The lowest BCUT2D eigenvalue weighted by Crippen LogP contribution is -2.08. The molecule has 0 aromatic heterocycles. The lowest BCUT2D eigenvalue weighted by molar-refractivity contribution is -0.130. The highest BCUT2D eigenvalue weighted by Crippen LogP contribution is 2.41. The molecule has 0 spiro atoms. The largest absolute Gasteiger partial charge is 0.496 e. The first-order valence-electron chi connectivity index (χ1n) is 12.0. The first-order valence-corrected chi connectivity index (χ1v) is 12.0. The van der Waals surface area contributed by atoms with E-state index in [-0.39, 0.29) is 5.57 Å². The quantitative estimate of drug-likeness (QED) is 0.171. The monoisotopic (exact) mass is 526 g/mol. The van der Waals surface area contributed by atoms with Gasteiger partial charge in [-0.25, -0.2) is 14.4 Å². The van der Waals surface area contributed by atoms with Crippen LogP contribution in [-0.4, -0.2) is 25.0 Å². The average Bonchev–Trinajstić information content (AvgIpc) is 2.88. The summed E-state index contributed by atoms with van der Waals surface area (Å²) in [6.07, 6.45) is 1.40. The van der Waals surface area contributed by atoms with E-state index >= 15 is 0 Å². The molecule has 0 unspecified atom stereocenters. The van der Waals surface area contributed by atoms with Crippen molar-refractivity contribution in [1.29, 1.82) is 0 Å². The number of carbonyl (C=O) groups excluding carboxylic acids is 3. The van der Waals surface area contributed by atoms with Crippen molar-refractivity contribution in [3.63, 3.8) is 0 Å². The van der Waals surface area contributed by atoms with E-state index in [0.717, 1.165) is 11.1 Å². The van der Waals surface area contributed by atoms with E-state index in [1.54, 1.807) is 95.5 Å². The van der Waals surface area contributed by atoms with Crippen molar-refractivity contribution in [2.45, 2.75) is 27.7 Å². The van der Waals surface area contributed by atoms with Crippen molar-refractivity contribution in [2.75, 3.05) is 7.11 Å². The normalized spacial score (nSPS) is 10.2. The maximum absolute atomic E-state index is 12.6. The third-order valence-electron chi connectivity index (χ3n) is 5.37. The summed E-state index contributed by atoms with van der Waals surface area (Å²) < 4.78 is 22.0. The summed E-state index contributed by atoms with van der Waals surface area (Å²) >= 11 is 0. The predicted molar refractivity (Wildman–Crippen MR) is 150 cm³/mol. The number of carbonyl (C=O) groups is 3. The molecule has 0 radical (unpaired) electrons. The fourth-order valence-corrected chi connectivity index (χ4v) is 3.43. The number of esters is 3. The predicted octanol–water partition coefficient (Wildman–Crippen LogP) is 6.86. The Morgan fingerprint density at radius 3 is 1.44 bits per heavy atom. The molecule has 39 heavy (non-hydrogen) atoms. The van der Waals surface area contributed by atoms with Crippen LogP contribution >= 0.6 is 0 Å². The van der Waals surface area contributed by atoms with E-state index in [0.29, 0.717) is 45.3 Å². The smallest absolute Gasteiger partial charge is 0.338 e. The maximum Gasteiger partial charge on any atom is 0.338 e. The van der Waals surface area contributed by atoms with Crippen molar-refractivity contribution in [3.8, 4) is 45.3 Å². The summed E-state index contributed by atoms with van der Waals surface area (Å²) in [5, 5.41) is 0. The summed E-state index contributed by atoms with van der Waals surface area (Å²) in [6, 6.07) is 17.1. The Morgan fingerprint density at radius 1 is 0.641 bits per heavy atom. The zero-order valence-corrected chi connectivity index (χ0v) is 22.6. The molecule has 0 aliphatic carbocycles. The number of allylic oxidation sites excluding steroid dienone is 1. The van der Waals surface area contributed by atoms with Crippen LogP contribution in [0.4, 0.5) is 0 Å². The number of ether oxygens (including phenoxy) is 4. The first-order chi connectivity index (χ1) is 18.5. The molecule has 200 valence electrons. The van der Waals surface area contributed by atoms with Gasteiger partial charge < -0.3 is 18.9 Å². The van der Waals surface area contributed by atoms with Gasteiger partial charge in [0.05, 0.1) is 7.11 Å². The maximum atomic E-state index is 12.6. The summed E-state index contributed by atoms with van der Waals surface area (Å²) in [5.41, 5.74) is 4.07. The molecule has 0 amide bonds. The van der Waals surface area contributed by atoms with Crippen molar-refractivity contribution >= 4 is 17.9 Å². The van der Waals surface area contributed by atoms with Crippen LogP contribution in [0.15, 0.2) is 96.6 Å². The molecule has 0 saturated heterocycles. The van der Waals surface area contributed by atoms with Crippen LogP contribution in [0.1, 0.15) is 27.7 Å². The highest BCUT2D eigenvalue weighted by Gasteiger charge is 2.18. The molecular weight excluding hydrogens is 496 g/mol. The lowest BCUT2D eigenvalue weighted by Gasteiger charge is -2.16. The van der Waals surface area contributed by atoms with Crippen LogP contribution in [0.2, 0.25) is 0 Å². The minimum Gasteiger partial charge on any atom is -0.496 e. The van der Waals surface area contributed by atoms with Crippen LogP contribution in [0, 0.1) is 0 Å². The van der Waals surface area contributed by atoms with Gasteiger partial charge >= 0.3 is 17.9 Å². The molecule has 0 atom stereocenters. The molecule has 0 saturated carbocycles. The van der Waals surface area contributed by atoms with Crippen molar-refractivity contribution in [2.24, 2.45) is 0 Å².